The van der Waals surface area contributed by atoms with Crippen LogP contribution >= 0.6 is 0 Å². The van der Waals surface area contributed by atoms with Gasteiger partial charge in [0.2, 0.25) is 5.91 Å². The number of aryl methyl sites for hydroxylation is 1. The SMILES string of the molecule is Cc1ccc(N2C(=O)[C@@H]3ON(c4ccccc4)[C@@H](c4ccccc4O)[C@]3(C)C2=O)cc1. The molecule has 31 heavy (non-hydrogen) atoms. The van der Waals surface area contributed by atoms with Crippen LogP contribution in [0.5, 0.6) is 5.75 Å². The summed E-state index contributed by atoms with van der Waals surface area (Å²) in [5.41, 5.74) is 1.56. The van der Waals surface area contributed by atoms with Gasteiger partial charge in [0.15, 0.2) is 6.10 Å². The summed E-state index contributed by atoms with van der Waals surface area (Å²) >= 11 is 0. The number of amides is 2. The van der Waals surface area contributed by atoms with E-state index in [1.807, 2.05) is 49.4 Å². The lowest BCUT2D eigenvalue weighted by Gasteiger charge is -2.33. The fraction of sp³-hybridized carbons (Fsp3) is 0.200. The average Bonchev–Trinajstić information content (AvgIpc) is 3.19. The molecule has 0 aliphatic carbocycles. The molecule has 2 aliphatic rings. The van der Waals surface area contributed by atoms with E-state index in [0.29, 0.717) is 16.9 Å². The van der Waals surface area contributed by atoms with E-state index in [2.05, 4.69) is 0 Å². The van der Waals surface area contributed by atoms with E-state index in [-0.39, 0.29) is 11.7 Å². The topological polar surface area (TPSA) is 70.1 Å². The summed E-state index contributed by atoms with van der Waals surface area (Å²) in [6, 6.07) is 22.7. The number of nitrogens with zero attached hydrogens (tertiary/aromatic N) is 2. The van der Waals surface area contributed by atoms with Crippen LogP contribution in [0.4, 0.5) is 11.4 Å². The predicted octanol–water partition coefficient (Wildman–Crippen LogP) is 4.14. The van der Waals surface area contributed by atoms with Crippen molar-refractivity contribution in [3.05, 3.63) is 90.0 Å². The number of hydroxylamine groups is 1. The molecule has 0 saturated carbocycles. The summed E-state index contributed by atoms with van der Waals surface area (Å²) < 4.78 is 0. The van der Waals surface area contributed by atoms with Crippen LogP contribution in [0.15, 0.2) is 78.9 Å². The lowest BCUT2D eigenvalue weighted by molar-refractivity contribution is -0.128. The molecule has 2 fully saturated rings. The number of anilines is 2. The molecule has 3 aromatic carbocycles. The Bertz CT molecular complexity index is 1160. The second-order valence-corrected chi connectivity index (χ2v) is 8.21. The van der Waals surface area contributed by atoms with Gasteiger partial charge in [0.05, 0.1) is 11.4 Å². The van der Waals surface area contributed by atoms with Crippen LogP contribution in [0.25, 0.3) is 0 Å². The van der Waals surface area contributed by atoms with Crippen molar-refractivity contribution >= 4 is 23.2 Å². The third kappa shape index (κ3) is 2.75. The number of phenols is 1. The first kappa shape index (κ1) is 19.3. The van der Waals surface area contributed by atoms with Gasteiger partial charge in [0, 0.05) is 5.56 Å². The van der Waals surface area contributed by atoms with Crippen LogP contribution in [-0.4, -0.2) is 23.0 Å². The second-order valence-electron chi connectivity index (χ2n) is 8.21. The Morgan fingerprint density at radius 2 is 1.52 bits per heavy atom. The lowest BCUT2D eigenvalue weighted by atomic mass is 9.76. The normalized spacial score (nSPS) is 25.2. The van der Waals surface area contributed by atoms with E-state index in [0.717, 1.165) is 5.56 Å². The van der Waals surface area contributed by atoms with Crippen LogP contribution in [0, 0.1) is 12.3 Å². The van der Waals surface area contributed by atoms with Gasteiger partial charge in [-0.1, -0.05) is 54.1 Å². The van der Waals surface area contributed by atoms with Crippen molar-refractivity contribution in [2.45, 2.75) is 26.0 Å². The van der Waals surface area contributed by atoms with Gasteiger partial charge in [-0.25, -0.2) is 9.96 Å². The quantitative estimate of drug-likeness (QED) is 0.653. The van der Waals surface area contributed by atoms with Crippen LogP contribution < -0.4 is 9.96 Å². The Morgan fingerprint density at radius 3 is 2.19 bits per heavy atom. The molecule has 156 valence electrons. The van der Waals surface area contributed by atoms with Gasteiger partial charge in [-0.05, 0) is 44.2 Å². The molecule has 0 spiro atoms. The summed E-state index contributed by atoms with van der Waals surface area (Å²) in [7, 11) is 0. The second kappa shape index (κ2) is 6.96. The average molecular weight is 414 g/mol. The number of fused-ring (bicyclic) bond motifs is 1. The third-order valence-corrected chi connectivity index (χ3v) is 6.21. The molecule has 1 N–H and O–H groups in total. The number of para-hydroxylation sites is 2. The van der Waals surface area contributed by atoms with Gasteiger partial charge >= 0.3 is 0 Å². The number of rotatable bonds is 3. The Labute approximate surface area is 180 Å². The Kier molecular flexibility index (Phi) is 4.34. The van der Waals surface area contributed by atoms with Gasteiger partial charge in [0.25, 0.3) is 5.91 Å². The van der Waals surface area contributed by atoms with Crippen molar-refractivity contribution in [1.29, 1.82) is 0 Å². The van der Waals surface area contributed by atoms with Crippen molar-refractivity contribution in [1.82, 2.24) is 0 Å². The minimum atomic E-state index is -1.23. The number of imide groups is 1. The smallest absolute Gasteiger partial charge is 0.266 e. The Balaban J connectivity index is 1.66. The number of hydrogen-bond donors (Lipinski definition) is 1. The molecule has 0 aromatic heterocycles. The molecule has 0 bridgehead atoms. The van der Waals surface area contributed by atoms with Crippen molar-refractivity contribution in [2.24, 2.45) is 5.41 Å². The molecule has 6 nitrogen and oxygen atoms in total. The highest BCUT2D eigenvalue weighted by atomic mass is 16.7. The summed E-state index contributed by atoms with van der Waals surface area (Å²) in [4.78, 5) is 34.6. The molecule has 2 saturated heterocycles. The molecule has 3 aromatic rings. The zero-order valence-corrected chi connectivity index (χ0v) is 17.2. The molecule has 3 atom stereocenters. The van der Waals surface area contributed by atoms with Crippen LogP contribution in [-0.2, 0) is 14.4 Å². The van der Waals surface area contributed by atoms with E-state index in [4.69, 9.17) is 4.84 Å². The number of carbonyl (C=O) groups excluding carboxylic acids is 2. The molecule has 2 aliphatic heterocycles. The molecule has 2 heterocycles. The van der Waals surface area contributed by atoms with Crippen LogP contribution in [0.2, 0.25) is 0 Å². The molecular weight excluding hydrogens is 392 g/mol. The Morgan fingerprint density at radius 1 is 0.871 bits per heavy atom. The van der Waals surface area contributed by atoms with Gasteiger partial charge in [-0.15, -0.1) is 0 Å². The first-order valence-corrected chi connectivity index (χ1v) is 10.2. The number of hydrogen-bond acceptors (Lipinski definition) is 5. The fourth-order valence-electron chi connectivity index (χ4n) is 4.55. The summed E-state index contributed by atoms with van der Waals surface area (Å²) in [5.74, 6) is -0.707. The first-order valence-electron chi connectivity index (χ1n) is 10.2. The van der Waals surface area contributed by atoms with Gasteiger partial charge in [0.1, 0.15) is 17.2 Å². The monoisotopic (exact) mass is 414 g/mol. The maximum Gasteiger partial charge on any atom is 0.266 e. The molecule has 0 unspecified atom stereocenters. The highest BCUT2D eigenvalue weighted by molar-refractivity contribution is 6.25. The fourth-order valence-corrected chi connectivity index (χ4v) is 4.55. The lowest BCUT2D eigenvalue weighted by Crippen LogP contribution is -2.41. The van der Waals surface area contributed by atoms with E-state index in [1.165, 1.54) is 4.90 Å². The third-order valence-electron chi connectivity index (χ3n) is 6.21. The van der Waals surface area contributed by atoms with Crippen LogP contribution in [0.1, 0.15) is 24.1 Å². The maximum atomic E-state index is 13.8. The summed E-state index contributed by atoms with van der Waals surface area (Å²) in [6.45, 7) is 3.69. The maximum absolute atomic E-state index is 13.8. The standard InChI is InChI=1S/C25H22N2O4/c1-16-12-14-17(15-13-16)26-23(29)22-25(2,24(26)30)21(19-10-6-7-11-20(19)28)27(31-22)18-8-4-3-5-9-18/h3-15,21-22,28H,1-2H3/t21-,22-,25-/m0/s1. The molecule has 0 radical (unpaired) electrons. The largest absolute Gasteiger partial charge is 0.508 e. The zero-order valence-electron chi connectivity index (χ0n) is 17.2. The minimum Gasteiger partial charge on any atom is -0.508 e. The molecule has 6 heteroatoms. The van der Waals surface area contributed by atoms with Crippen molar-refractivity contribution < 1.29 is 19.5 Å². The number of phenolic OH excluding ortho intramolecular Hbond substituents is 1. The highest BCUT2D eigenvalue weighted by Crippen LogP contribution is 2.56. The Hall–Kier alpha value is -3.64. The number of aromatic hydroxyl groups is 1. The number of carbonyl (C=O) groups is 2. The highest BCUT2D eigenvalue weighted by Gasteiger charge is 2.69. The number of benzene rings is 3. The van der Waals surface area contributed by atoms with E-state index >= 15 is 0 Å². The van der Waals surface area contributed by atoms with E-state index in [9.17, 15) is 14.7 Å². The minimum absolute atomic E-state index is 0.0490. The predicted molar refractivity (Wildman–Crippen MR) is 116 cm³/mol. The van der Waals surface area contributed by atoms with Crippen molar-refractivity contribution in [3.63, 3.8) is 0 Å². The molecule has 2 amide bonds. The summed E-state index contributed by atoms with van der Waals surface area (Å²) in [5, 5.41) is 12.2. The summed E-state index contributed by atoms with van der Waals surface area (Å²) in [6.07, 6.45) is -1.01. The zero-order chi connectivity index (χ0) is 21.8. The molecular formula is C25H22N2O4. The van der Waals surface area contributed by atoms with Gasteiger partial charge in [-0.2, -0.15) is 0 Å². The molecule has 5 rings (SSSR count). The van der Waals surface area contributed by atoms with Gasteiger partial charge in [-0.3, -0.25) is 14.4 Å². The van der Waals surface area contributed by atoms with E-state index < -0.39 is 23.5 Å². The first-order chi connectivity index (χ1) is 14.9. The van der Waals surface area contributed by atoms with Crippen LogP contribution in [0.3, 0.4) is 0 Å². The van der Waals surface area contributed by atoms with Crippen molar-refractivity contribution in [2.75, 3.05) is 9.96 Å². The van der Waals surface area contributed by atoms with Gasteiger partial charge < -0.3 is 5.11 Å². The van der Waals surface area contributed by atoms with E-state index in [1.54, 1.807) is 48.4 Å². The van der Waals surface area contributed by atoms with Crippen molar-refractivity contribution in [3.8, 4) is 5.75 Å².